The van der Waals surface area contributed by atoms with Gasteiger partial charge >= 0.3 is 0 Å². The Labute approximate surface area is 43.9 Å². The molecule has 1 atom stereocenters. The van der Waals surface area contributed by atoms with Crippen molar-refractivity contribution in [1.82, 2.24) is 0 Å². The number of nitrogens with two attached hydrogens (primary N) is 1. The maximum absolute atomic E-state index is 5.45. The van der Waals surface area contributed by atoms with Crippen molar-refractivity contribution in [3.05, 3.63) is 0 Å². The summed E-state index contributed by atoms with van der Waals surface area (Å²) in [5, 5.41) is 0. The van der Waals surface area contributed by atoms with Gasteiger partial charge in [0.2, 0.25) is 0 Å². The lowest BCUT2D eigenvalue weighted by Gasteiger charge is -1.82. The van der Waals surface area contributed by atoms with Gasteiger partial charge < -0.3 is 5.73 Å². The highest BCUT2D eigenvalue weighted by atomic mass is 14.7. The summed E-state index contributed by atoms with van der Waals surface area (Å²) >= 11 is 0. The molecule has 1 heteroatoms. The van der Waals surface area contributed by atoms with E-state index in [4.69, 9.17) is 5.73 Å². The van der Waals surface area contributed by atoms with E-state index in [-0.39, 0.29) is 0 Å². The van der Waals surface area contributed by atoms with Crippen molar-refractivity contribution in [1.29, 1.82) is 0 Å². The van der Waals surface area contributed by atoms with Gasteiger partial charge in [-0.15, -0.1) is 0 Å². The van der Waals surface area contributed by atoms with Crippen LogP contribution in [0.1, 0.15) is 19.3 Å². The molecule has 0 aromatic heterocycles. The minimum Gasteiger partial charge on any atom is -0.330 e. The average molecular weight is 97.2 g/mol. The highest BCUT2D eigenvalue weighted by molar-refractivity contribution is 5.12. The van der Waals surface area contributed by atoms with Gasteiger partial charge in [0, 0.05) is 0 Å². The van der Waals surface area contributed by atoms with Crippen LogP contribution < -0.4 is 5.73 Å². The third kappa shape index (κ3) is 0.367. The normalized spacial score (nSPS) is 41.6. The van der Waals surface area contributed by atoms with Crippen molar-refractivity contribution in [2.75, 3.05) is 6.54 Å². The predicted molar refractivity (Wildman–Crippen MR) is 28.8 cm³/mol. The minimum absolute atomic E-state index is 0.842. The Kier molecular flexibility index (Phi) is 0.487. The van der Waals surface area contributed by atoms with Crippen molar-refractivity contribution in [2.24, 2.45) is 17.1 Å². The summed E-state index contributed by atoms with van der Waals surface area (Å²) in [5.74, 6) is 0.937. The quantitative estimate of drug-likeness (QED) is 0.513. The Bertz CT molecular complexity index is 94.4. The van der Waals surface area contributed by atoms with E-state index < -0.39 is 0 Å². The summed E-state index contributed by atoms with van der Waals surface area (Å²) in [6, 6.07) is 0. The van der Waals surface area contributed by atoms with Crippen LogP contribution in [0.3, 0.4) is 0 Å². The van der Waals surface area contributed by atoms with Gasteiger partial charge in [-0.05, 0) is 37.1 Å². The summed E-state index contributed by atoms with van der Waals surface area (Å²) in [6.07, 6.45) is 4.41. The van der Waals surface area contributed by atoms with E-state index in [1.165, 1.54) is 19.3 Å². The maximum Gasteiger partial charge on any atom is -0.00433 e. The van der Waals surface area contributed by atoms with E-state index in [1.54, 1.807) is 0 Å². The van der Waals surface area contributed by atoms with Gasteiger partial charge in [0.05, 0.1) is 0 Å². The molecule has 0 aromatic rings. The fourth-order valence-electron chi connectivity index (χ4n) is 1.54. The smallest absolute Gasteiger partial charge is 0.00433 e. The lowest BCUT2D eigenvalue weighted by Crippen LogP contribution is -2.01. The van der Waals surface area contributed by atoms with Crippen molar-refractivity contribution >= 4 is 0 Å². The number of hydrogen-bond donors (Lipinski definition) is 1. The van der Waals surface area contributed by atoms with E-state index in [2.05, 4.69) is 0 Å². The average Bonchev–Trinajstić information content (AvgIpc) is 2.52. The first-order valence-electron chi connectivity index (χ1n) is 3.07. The second-order valence-electron chi connectivity index (χ2n) is 3.00. The Balaban J connectivity index is 1.97. The molecule has 2 saturated carbocycles. The molecule has 1 spiro atoms. The van der Waals surface area contributed by atoms with E-state index in [1.807, 2.05) is 0 Å². The Morgan fingerprint density at radius 2 is 2.29 bits per heavy atom. The van der Waals surface area contributed by atoms with E-state index in [0.717, 1.165) is 17.9 Å². The van der Waals surface area contributed by atoms with E-state index in [0.29, 0.717) is 0 Å². The van der Waals surface area contributed by atoms with Gasteiger partial charge in [-0.3, -0.25) is 0 Å². The van der Waals surface area contributed by atoms with Gasteiger partial charge in [0.25, 0.3) is 0 Å². The monoisotopic (exact) mass is 97.1 g/mol. The van der Waals surface area contributed by atoms with Crippen LogP contribution in [0, 0.1) is 11.3 Å². The molecular formula is C6H11N. The van der Waals surface area contributed by atoms with Gasteiger partial charge in [-0.1, -0.05) is 0 Å². The molecule has 7 heavy (non-hydrogen) atoms. The standard InChI is InChI=1S/C6H11N/c7-4-5-3-6(5)1-2-6/h5H,1-4,7H2/t5-/m1/s1. The fourth-order valence-corrected chi connectivity index (χ4v) is 1.54. The van der Waals surface area contributed by atoms with Crippen molar-refractivity contribution in [3.63, 3.8) is 0 Å². The minimum atomic E-state index is 0.842. The summed E-state index contributed by atoms with van der Waals surface area (Å²) in [7, 11) is 0. The molecule has 1 nitrogen and oxygen atoms in total. The highest BCUT2D eigenvalue weighted by Crippen LogP contribution is 2.70. The SMILES string of the molecule is NC[C@H]1CC12CC2. The Hall–Kier alpha value is -0.0400. The largest absolute Gasteiger partial charge is 0.330 e. The van der Waals surface area contributed by atoms with Gasteiger partial charge in [-0.25, -0.2) is 0 Å². The lowest BCUT2D eigenvalue weighted by atomic mass is 10.3. The highest BCUT2D eigenvalue weighted by Gasteiger charge is 2.61. The Morgan fingerprint density at radius 3 is 2.43 bits per heavy atom. The summed E-state index contributed by atoms with van der Waals surface area (Å²) < 4.78 is 0. The van der Waals surface area contributed by atoms with E-state index >= 15 is 0 Å². The Morgan fingerprint density at radius 1 is 1.57 bits per heavy atom. The molecule has 2 rings (SSSR count). The van der Waals surface area contributed by atoms with Gasteiger partial charge in [-0.2, -0.15) is 0 Å². The molecule has 0 aliphatic heterocycles. The second-order valence-corrected chi connectivity index (χ2v) is 3.00. The first-order chi connectivity index (χ1) is 3.37. The molecule has 0 radical (unpaired) electrons. The molecule has 0 bridgehead atoms. The van der Waals surface area contributed by atoms with E-state index in [9.17, 15) is 0 Å². The van der Waals surface area contributed by atoms with Crippen LogP contribution in [0.15, 0.2) is 0 Å². The van der Waals surface area contributed by atoms with Crippen LogP contribution in [0.4, 0.5) is 0 Å². The summed E-state index contributed by atoms with van der Waals surface area (Å²) in [4.78, 5) is 0. The van der Waals surface area contributed by atoms with Crippen LogP contribution in [0.5, 0.6) is 0 Å². The molecule has 2 N–H and O–H groups in total. The third-order valence-electron chi connectivity index (χ3n) is 2.54. The lowest BCUT2D eigenvalue weighted by molar-refractivity contribution is 0.716. The van der Waals surface area contributed by atoms with Crippen LogP contribution in [0.2, 0.25) is 0 Å². The fraction of sp³-hybridized carbons (Fsp3) is 1.00. The molecule has 2 fully saturated rings. The second kappa shape index (κ2) is 0.873. The topological polar surface area (TPSA) is 26.0 Å². The van der Waals surface area contributed by atoms with Crippen LogP contribution in [-0.2, 0) is 0 Å². The zero-order chi connectivity index (χ0) is 4.91. The molecule has 2 aliphatic rings. The van der Waals surface area contributed by atoms with Crippen molar-refractivity contribution < 1.29 is 0 Å². The maximum atomic E-state index is 5.45. The summed E-state index contributed by atoms with van der Waals surface area (Å²) in [6.45, 7) is 0.944. The zero-order valence-corrected chi connectivity index (χ0v) is 4.48. The van der Waals surface area contributed by atoms with Crippen LogP contribution >= 0.6 is 0 Å². The number of hydrogen-bond acceptors (Lipinski definition) is 1. The van der Waals surface area contributed by atoms with Crippen molar-refractivity contribution in [2.45, 2.75) is 19.3 Å². The summed E-state index contributed by atoms with van der Waals surface area (Å²) in [5.41, 5.74) is 6.29. The van der Waals surface area contributed by atoms with Crippen molar-refractivity contribution in [3.8, 4) is 0 Å². The molecular weight excluding hydrogens is 86.1 g/mol. The van der Waals surface area contributed by atoms with Gasteiger partial charge in [0.1, 0.15) is 0 Å². The molecule has 2 aliphatic carbocycles. The molecule has 40 valence electrons. The predicted octanol–water partition coefficient (Wildman–Crippen LogP) is 0.745. The van der Waals surface area contributed by atoms with Crippen LogP contribution in [-0.4, -0.2) is 6.54 Å². The van der Waals surface area contributed by atoms with Gasteiger partial charge in [0.15, 0.2) is 0 Å². The first-order valence-corrected chi connectivity index (χ1v) is 3.07. The molecule has 0 saturated heterocycles. The number of rotatable bonds is 1. The first kappa shape index (κ1) is 3.90. The molecule has 0 amide bonds. The third-order valence-corrected chi connectivity index (χ3v) is 2.54. The molecule has 0 aromatic carbocycles. The molecule has 0 unspecified atom stereocenters. The molecule has 0 heterocycles. The van der Waals surface area contributed by atoms with Crippen LogP contribution in [0.25, 0.3) is 0 Å². The zero-order valence-electron chi connectivity index (χ0n) is 4.48.